The van der Waals surface area contributed by atoms with Gasteiger partial charge in [0.25, 0.3) is 0 Å². The van der Waals surface area contributed by atoms with Gasteiger partial charge in [-0.1, -0.05) is 0 Å². The summed E-state index contributed by atoms with van der Waals surface area (Å²) in [5.74, 6) is 0.298. The Morgan fingerprint density at radius 3 is 3.06 bits per heavy atom. The van der Waals surface area contributed by atoms with Gasteiger partial charge in [-0.25, -0.2) is 4.98 Å². The van der Waals surface area contributed by atoms with E-state index in [9.17, 15) is 4.79 Å². The second-order valence-corrected chi connectivity index (χ2v) is 4.64. The van der Waals surface area contributed by atoms with Gasteiger partial charge in [-0.3, -0.25) is 9.48 Å². The number of rotatable bonds is 4. The molecule has 0 saturated heterocycles. The van der Waals surface area contributed by atoms with Crippen LogP contribution in [0.1, 0.15) is 10.7 Å². The molecule has 2 aromatic rings. The Morgan fingerprint density at radius 1 is 1.65 bits per heavy atom. The number of aryl methyl sites for hydroxylation is 1. The first-order chi connectivity index (χ1) is 8.13. The van der Waals surface area contributed by atoms with Gasteiger partial charge in [-0.2, -0.15) is 5.10 Å². The molecule has 2 rings (SSSR count). The highest BCUT2D eigenvalue weighted by atomic mass is 32.1. The molecule has 90 valence electrons. The monoisotopic (exact) mass is 251 g/mol. The molecule has 0 aliphatic rings. The fraction of sp³-hybridized carbons (Fsp3) is 0.300. The van der Waals surface area contributed by atoms with Crippen LogP contribution in [0.4, 0.5) is 5.82 Å². The Morgan fingerprint density at radius 2 is 2.47 bits per heavy atom. The lowest BCUT2D eigenvalue weighted by Crippen LogP contribution is -2.27. The van der Waals surface area contributed by atoms with Crippen molar-refractivity contribution in [3.8, 4) is 0 Å². The first-order valence-corrected chi connectivity index (χ1v) is 5.98. The first-order valence-electron chi connectivity index (χ1n) is 5.10. The number of carbonyl (C=O) groups excluding carboxylic acids is 1. The lowest BCUT2D eigenvalue weighted by molar-refractivity contribution is -0.122. The smallest absolute Gasteiger partial charge is 0.242 e. The van der Waals surface area contributed by atoms with Crippen molar-refractivity contribution in [2.75, 3.05) is 5.73 Å². The molecule has 0 aliphatic carbocycles. The van der Waals surface area contributed by atoms with Gasteiger partial charge in [0.15, 0.2) is 0 Å². The Kier molecular flexibility index (Phi) is 3.38. The number of thiazole rings is 1. The van der Waals surface area contributed by atoms with E-state index in [1.807, 2.05) is 12.3 Å². The van der Waals surface area contributed by atoms with Crippen LogP contribution in [-0.2, 0) is 17.9 Å². The second-order valence-electron chi connectivity index (χ2n) is 3.57. The topological polar surface area (TPSA) is 85.8 Å². The molecule has 0 radical (unpaired) electrons. The summed E-state index contributed by atoms with van der Waals surface area (Å²) in [6, 6.07) is 1.65. The molecule has 2 heterocycles. The number of anilines is 1. The molecule has 1 amide bonds. The van der Waals surface area contributed by atoms with E-state index in [4.69, 9.17) is 5.73 Å². The van der Waals surface area contributed by atoms with E-state index in [-0.39, 0.29) is 12.5 Å². The predicted molar refractivity (Wildman–Crippen MR) is 65.3 cm³/mol. The standard InChI is InChI=1S/C10H13N5OS/c1-7-13-8(6-17-7)4-12-10(16)5-15-3-2-9(11)14-15/h2-3,6H,4-5H2,1H3,(H2,11,14)(H,12,16). The Balaban J connectivity index is 1.82. The molecule has 0 aromatic carbocycles. The number of aromatic nitrogens is 3. The molecule has 0 fully saturated rings. The molecule has 0 bridgehead atoms. The Hall–Kier alpha value is -1.89. The number of amides is 1. The molecule has 0 aliphatic heterocycles. The highest BCUT2D eigenvalue weighted by molar-refractivity contribution is 7.09. The van der Waals surface area contributed by atoms with Crippen molar-refractivity contribution < 1.29 is 4.79 Å². The maximum atomic E-state index is 11.6. The van der Waals surface area contributed by atoms with Crippen LogP contribution in [0.3, 0.4) is 0 Å². The molecule has 6 nitrogen and oxygen atoms in total. The van der Waals surface area contributed by atoms with Crippen LogP contribution < -0.4 is 11.1 Å². The van der Waals surface area contributed by atoms with Crippen LogP contribution >= 0.6 is 11.3 Å². The van der Waals surface area contributed by atoms with Crippen molar-refractivity contribution >= 4 is 23.1 Å². The van der Waals surface area contributed by atoms with Gasteiger partial charge in [0.2, 0.25) is 5.91 Å². The molecule has 7 heteroatoms. The average molecular weight is 251 g/mol. The van der Waals surface area contributed by atoms with Crippen LogP contribution in [0.5, 0.6) is 0 Å². The summed E-state index contributed by atoms with van der Waals surface area (Å²) in [7, 11) is 0. The van der Waals surface area contributed by atoms with Crippen molar-refractivity contribution in [3.63, 3.8) is 0 Å². The van der Waals surface area contributed by atoms with Gasteiger partial charge in [0.1, 0.15) is 12.4 Å². The number of hydrogen-bond donors (Lipinski definition) is 2. The third-order valence-corrected chi connectivity index (χ3v) is 2.92. The zero-order valence-corrected chi connectivity index (χ0v) is 10.2. The fourth-order valence-electron chi connectivity index (χ4n) is 1.35. The van der Waals surface area contributed by atoms with Crippen LogP contribution in [0.15, 0.2) is 17.6 Å². The Bertz CT molecular complexity index is 518. The van der Waals surface area contributed by atoms with Crippen molar-refractivity contribution in [1.82, 2.24) is 20.1 Å². The molecular formula is C10H13N5OS. The average Bonchev–Trinajstić information content (AvgIpc) is 2.85. The summed E-state index contributed by atoms with van der Waals surface area (Å²) >= 11 is 1.57. The largest absolute Gasteiger partial charge is 0.382 e. The number of nitrogens with two attached hydrogens (primary N) is 1. The van der Waals surface area contributed by atoms with E-state index >= 15 is 0 Å². The van der Waals surface area contributed by atoms with Crippen LogP contribution in [0.25, 0.3) is 0 Å². The summed E-state index contributed by atoms with van der Waals surface area (Å²) in [4.78, 5) is 15.8. The minimum atomic E-state index is -0.112. The highest BCUT2D eigenvalue weighted by Crippen LogP contribution is 2.07. The van der Waals surface area contributed by atoms with E-state index in [2.05, 4.69) is 15.4 Å². The molecule has 2 aromatic heterocycles. The van der Waals surface area contributed by atoms with E-state index in [0.717, 1.165) is 10.7 Å². The highest BCUT2D eigenvalue weighted by Gasteiger charge is 2.05. The van der Waals surface area contributed by atoms with Crippen LogP contribution in [0, 0.1) is 6.92 Å². The minimum absolute atomic E-state index is 0.112. The number of carbonyl (C=O) groups is 1. The number of nitrogens with one attached hydrogen (secondary N) is 1. The molecule has 0 unspecified atom stereocenters. The third kappa shape index (κ3) is 3.28. The number of nitrogens with zero attached hydrogens (tertiary/aromatic N) is 3. The lowest BCUT2D eigenvalue weighted by atomic mass is 10.4. The quantitative estimate of drug-likeness (QED) is 0.830. The maximum absolute atomic E-state index is 11.6. The van der Waals surface area contributed by atoms with Crippen molar-refractivity contribution in [2.45, 2.75) is 20.0 Å². The third-order valence-electron chi connectivity index (χ3n) is 2.10. The van der Waals surface area contributed by atoms with Crippen molar-refractivity contribution in [3.05, 3.63) is 28.3 Å². The molecule has 0 saturated carbocycles. The zero-order chi connectivity index (χ0) is 12.3. The molecule has 0 spiro atoms. The van der Waals surface area contributed by atoms with Crippen molar-refractivity contribution in [2.24, 2.45) is 0 Å². The summed E-state index contributed by atoms with van der Waals surface area (Å²) < 4.78 is 1.50. The Labute approximate surface area is 102 Å². The lowest BCUT2D eigenvalue weighted by Gasteiger charge is -2.03. The normalized spacial score (nSPS) is 10.4. The van der Waals surface area contributed by atoms with Gasteiger partial charge in [-0.05, 0) is 13.0 Å². The summed E-state index contributed by atoms with van der Waals surface area (Å²) in [6.45, 7) is 2.54. The predicted octanol–water partition coefficient (Wildman–Crippen LogP) is 0.547. The first kappa shape index (κ1) is 11.6. The van der Waals surface area contributed by atoms with E-state index in [1.165, 1.54) is 4.68 Å². The van der Waals surface area contributed by atoms with Crippen LogP contribution in [-0.4, -0.2) is 20.7 Å². The summed E-state index contributed by atoms with van der Waals surface area (Å²) in [5, 5.41) is 9.63. The second kappa shape index (κ2) is 4.96. The summed E-state index contributed by atoms with van der Waals surface area (Å²) in [5.41, 5.74) is 6.33. The van der Waals surface area contributed by atoms with Gasteiger partial charge >= 0.3 is 0 Å². The maximum Gasteiger partial charge on any atom is 0.242 e. The zero-order valence-electron chi connectivity index (χ0n) is 9.38. The summed E-state index contributed by atoms with van der Waals surface area (Å²) in [6.07, 6.45) is 1.67. The van der Waals surface area contributed by atoms with Crippen molar-refractivity contribution in [1.29, 1.82) is 0 Å². The molecule has 0 atom stereocenters. The van der Waals surface area contributed by atoms with E-state index < -0.39 is 0 Å². The number of hydrogen-bond acceptors (Lipinski definition) is 5. The molecule has 17 heavy (non-hydrogen) atoms. The fourth-order valence-corrected chi connectivity index (χ4v) is 1.96. The molecular weight excluding hydrogens is 238 g/mol. The minimum Gasteiger partial charge on any atom is -0.382 e. The van der Waals surface area contributed by atoms with Gasteiger partial charge in [0.05, 0.1) is 17.2 Å². The van der Waals surface area contributed by atoms with Gasteiger partial charge in [0, 0.05) is 11.6 Å². The van der Waals surface area contributed by atoms with Gasteiger partial charge in [-0.15, -0.1) is 11.3 Å². The van der Waals surface area contributed by atoms with E-state index in [0.29, 0.717) is 12.4 Å². The molecule has 3 N–H and O–H groups in total. The van der Waals surface area contributed by atoms with E-state index in [1.54, 1.807) is 23.6 Å². The van der Waals surface area contributed by atoms with Gasteiger partial charge < -0.3 is 11.1 Å². The number of nitrogen functional groups attached to an aromatic ring is 1. The van der Waals surface area contributed by atoms with Crippen LogP contribution in [0.2, 0.25) is 0 Å². The SMILES string of the molecule is Cc1nc(CNC(=O)Cn2ccc(N)n2)cs1.